The van der Waals surface area contributed by atoms with Crippen molar-refractivity contribution in [2.24, 2.45) is 5.73 Å². The second-order valence-electron chi connectivity index (χ2n) is 5.21. The van der Waals surface area contributed by atoms with E-state index < -0.39 is 5.60 Å². The summed E-state index contributed by atoms with van der Waals surface area (Å²) in [4.78, 5) is 4.60. The molecule has 16 heavy (non-hydrogen) atoms. The topological polar surface area (TPSA) is 76.6 Å². The van der Waals surface area contributed by atoms with Crippen LogP contribution in [0.25, 0.3) is 0 Å². The molecule has 1 saturated heterocycles. The Hall–Kier alpha value is -0.650. The Morgan fingerprint density at radius 1 is 1.25 bits per heavy atom. The molecule has 0 saturated carbocycles. The van der Waals surface area contributed by atoms with E-state index in [1.54, 1.807) is 0 Å². The largest absolute Gasteiger partial charge is 0.389 e. The lowest BCUT2D eigenvalue weighted by Gasteiger charge is -2.37. The molecule has 5 nitrogen and oxygen atoms in total. The lowest BCUT2D eigenvalue weighted by atomic mass is 10.1. The lowest BCUT2D eigenvalue weighted by molar-refractivity contribution is 0.0182. The minimum absolute atomic E-state index is 0.263. The van der Waals surface area contributed by atoms with Crippen LogP contribution >= 0.6 is 0 Å². The normalized spacial score (nSPS) is 19.9. The molecule has 1 fully saturated rings. The molecule has 0 aliphatic carbocycles. The predicted molar refractivity (Wildman–Crippen MR) is 65.7 cm³/mol. The second kappa shape index (κ2) is 5.61. The van der Waals surface area contributed by atoms with Crippen molar-refractivity contribution < 1.29 is 5.11 Å². The number of nitrogens with two attached hydrogens (primary N) is 1. The highest BCUT2D eigenvalue weighted by molar-refractivity contribution is 5.76. The monoisotopic (exact) mass is 228 g/mol. The highest BCUT2D eigenvalue weighted by atomic mass is 16.3. The Bertz CT molecular complexity index is 229. The molecule has 1 aliphatic heterocycles. The van der Waals surface area contributed by atoms with Gasteiger partial charge in [-0.1, -0.05) is 0 Å². The SMILES string of the molecule is CC(C)(O)CN1CCN(CCC(=N)N)CC1. The molecule has 94 valence electrons. The van der Waals surface area contributed by atoms with Crippen LogP contribution in [0.3, 0.4) is 0 Å². The number of β-amino-alcohol motifs (C(OH)–C–C–N with tert-alkyl or cyclic N) is 1. The summed E-state index contributed by atoms with van der Waals surface area (Å²) < 4.78 is 0. The van der Waals surface area contributed by atoms with Gasteiger partial charge in [0, 0.05) is 45.7 Å². The van der Waals surface area contributed by atoms with Crippen LogP contribution in [0.1, 0.15) is 20.3 Å². The number of nitrogens with one attached hydrogen (secondary N) is 1. The maximum atomic E-state index is 9.71. The Morgan fingerprint density at radius 2 is 1.75 bits per heavy atom. The van der Waals surface area contributed by atoms with E-state index in [0.29, 0.717) is 6.42 Å². The molecule has 0 spiro atoms. The Morgan fingerprint density at radius 3 is 2.19 bits per heavy atom. The summed E-state index contributed by atoms with van der Waals surface area (Å²) in [7, 11) is 0. The van der Waals surface area contributed by atoms with Crippen molar-refractivity contribution in [1.82, 2.24) is 9.80 Å². The molecule has 0 aromatic rings. The van der Waals surface area contributed by atoms with E-state index in [2.05, 4.69) is 9.80 Å². The first-order valence-electron chi connectivity index (χ1n) is 5.87. The standard InChI is InChI=1S/C11H24N4O/c1-11(2,16)9-15-7-5-14(6-8-15)4-3-10(12)13/h16H,3-9H2,1-2H3,(H3,12,13). The fourth-order valence-corrected chi connectivity index (χ4v) is 2.00. The van der Waals surface area contributed by atoms with Crippen LogP contribution in [0, 0.1) is 5.41 Å². The Balaban J connectivity index is 2.21. The van der Waals surface area contributed by atoms with Gasteiger partial charge in [-0.05, 0) is 13.8 Å². The number of aliphatic hydroxyl groups is 1. The highest BCUT2D eigenvalue weighted by Gasteiger charge is 2.22. The van der Waals surface area contributed by atoms with Crippen molar-refractivity contribution >= 4 is 5.84 Å². The van der Waals surface area contributed by atoms with Crippen molar-refractivity contribution in [3.8, 4) is 0 Å². The maximum absolute atomic E-state index is 9.71. The second-order valence-corrected chi connectivity index (χ2v) is 5.21. The van der Waals surface area contributed by atoms with Crippen molar-refractivity contribution in [2.45, 2.75) is 25.9 Å². The molecule has 0 amide bonds. The fourth-order valence-electron chi connectivity index (χ4n) is 2.00. The van der Waals surface area contributed by atoms with Crippen LogP contribution in [-0.4, -0.2) is 65.6 Å². The molecule has 0 bridgehead atoms. The number of rotatable bonds is 5. The summed E-state index contributed by atoms with van der Waals surface area (Å²) in [6.45, 7) is 9.28. The van der Waals surface area contributed by atoms with Gasteiger partial charge in [0.1, 0.15) is 0 Å². The average molecular weight is 228 g/mol. The molecule has 0 radical (unpaired) electrons. The summed E-state index contributed by atoms with van der Waals surface area (Å²) >= 11 is 0. The zero-order valence-electron chi connectivity index (χ0n) is 10.4. The first kappa shape index (κ1) is 13.4. The zero-order chi connectivity index (χ0) is 12.2. The quantitative estimate of drug-likeness (QED) is 0.446. The van der Waals surface area contributed by atoms with Gasteiger partial charge in [0.15, 0.2) is 0 Å². The number of piperazine rings is 1. The molecular weight excluding hydrogens is 204 g/mol. The minimum atomic E-state index is -0.610. The van der Waals surface area contributed by atoms with E-state index in [9.17, 15) is 5.11 Å². The van der Waals surface area contributed by atoms with Crippen molar-refractivity contribution in [2.75, 3.05) is 39.3 Å². The van der Waals surface area contributed by atoms with E-state index in [1.165, 1.54) is 0 Å². The summed E-state index contributed by atoms with van der Waals surface area (Å²) in [6, 6.07) is 0. The summed E-state index contributed by atoms with van der Waals surface area (Å²) in [5, 5.41) is 16.9. The zero-order valence-corrected chi connectivity index (χ0v) is 10.4. The molecule has 1 rings (SSSR count). The molecular formula is C11H24N4O. The molecule has 0 aromatic heterocycles. The number of nitrogens with zero attached hydrogens (tertiary/aromatic N) is 2. The van der Waals surface area contributed by atoms with Crippen molar-refractivity contribution in [1.29, 1.82) is 5.41 Å². The molecule has 1 aliphatic rings. The molecule has 5 heteroatoms. The van der Waals surface area contributed by atoms with Crippen LogP contribution in [0.15, 0.2) is 0 Å². The van der Waals surface area contributed by atoms with Gasteiger partial charge >= 0.3 is 0 Å². The molecule has 4 N–H and O–H groups in total. The van der Waals surface area contributed by atoms with E-state index in [1.807, 2.05) is 13.8 Å². The summed E-state index contributed by atoms with van der Waals surface area (Å²) in [5.74, 6) is 0.263. The number of amidine groups is 1. The van der Waals surface area contributed by atoms with Gasteiger partial charge in [0.2, 0.25) is 0 Å². The smallest absolute Gasteiger partial charge is 0.0918 e. The maximum Gasteiger partial charge on any atom is 0.0918 e. The number of hydrogen-bond acceptors (Lipinski definition) is 4. The van der Waals surface area contributed by atoms with Crippen LogP contribution < -0.4 is 5.73 Å². The average Bonchev–Trinajstić information content (AvgIpc) is 2.14. The van der Waals surface area contributed by atoms with E-state index in [-0.39, 0.29) is 5.84 Å². The number of hydrogen-bond donors (Lipinski definition) is 3. The first-order chi connectivity index (χ1) is 7.37. The lowest BCUT2D eigenvalue weighted by Crippen LogP contribution is -2.50. The summed E-state index contributed by atoms with van der Waals surface area (Å²) in [5.41, 5.74) is 4.72. The van der Waals surface area contributed by atoms with E-state index >= 15 is 0 Å². The predicted octanol–water partition coefficient (Wildman–Crippen LogP) is -0.299. The van der Waals surface area contributed by atoms with Gasteiger partial charge in [-0.2, -0.15) is 0 Å². The van der Waals surface area contributed by atoms with Crippen molar-refractivity contribution in [3.63, 3.8) is 0 Å². The third kappa shape index (κ3) is 5.44. The van der Waals surface area contributed by atoms with Crippen molar-refractivity contribution in [3.05, 3.63) is 0 Å². The van der Waals surface area contributed by atoms with Gasteiger partial charge in [-0.15, -0.1) is 0 Å². The van der Waals surface area contributed by atoms with Crippen LogP contribution in [0.2, 0.25) is 0 Å². The van der Waals surface area contributed by atoms with E-state index in [0.717, 1.165) is 39.3 Å². The molecule has 0 unspecified atom stereocenters. The third-order valence-electron chi connectivity index (χ3n) is 2.77. The Labute approximate surface area is 97.7 Å². The van der Waals surface area contributed by atoms with Crippen LogP contribution in [-0.2, 0) is 0 Å². The van der Waals surface area contributed by atoms with Gasteiger partial charge < -0.3 is 15.7 Å². The first-order valence-corrected chi connectivity index (χ1v) is 5.87. The molecule has 0 aromatic carbocycles. The van der Waals surface area contributed by atoms with Gasteiger partial charge in [0.05, 0.1) is 11.4 Å². The van der Waals surface area contributed by atoms with Crippen LogP contribution in [0.4, 0.5) is 0 Å². The molecule has 0 atom stereocenters. The van der Waals surface area contributed by atoms with E-state index in [4.69, 9.17) is 11.1 Å². The van der Waals surface area contributed by atoms with Gasteiger partial charge in [0.25, 0.3) is 0 Å². The van der Waals surface area contributed by atoms with Gasteiger partial charge in [-0.3, -0.25) is 10.3 Å². The molecule has 1 heterocycles. The highest BCUT2D eigenvalue weighted by Crippen LogP contribution is 2.08. The van der Waals surface area contributed by atoms with Crippen LogP contribution in [0.5, 0.6) is 0 Å². The van der Waals surface area contributed by atoms with Gasteiger partial charge in [-0.25, -0.2) is 0 Å². The Kier molecular flexibility index (Phi) is 4.70. The minimum Gasteiger partial charge on any atom is -0.389 e. The summed E-state index contributed by atoms with van der Waals surface area (Å²) in [6.07, 6.45) is 0.658. The fraction of sp³-hybridized carbons (Fsp3) is 0.909. The third-order valence-corrected chi connectivity index (χ3v) is 2.77.